The summed E-state index contributed by atoms with van der Waals surface area (Å²) in [5, 5.41) is 3.22. The minimum absolute atomic E-state index is 0.0650. The molecule has 0 unspecified atom stereocenters. The number of carbonyl (C=O) groups is 1. The molecule has 3 nitrogen and oxygen atoms in total. The van der Waals surface area contributed by atoms with Crippen LogP contribution in [-0.4, -0.2) is 24.7 Å². The summed E-state index contributed by atoms with van der Waals surface area (Å²) in [7, 11) is 0. The number of hydrogen-bond acceptors (Lipinski definition) is 3. The summed E-state index contributed by atoms with van der Waals surface area (Å²) in [5.74, 6) is 0.724. The highest BCUT2D eigenvalue weighted by atomic mass is 16.6. The number of ether oxygens (including phenoxy) is 1. The molecular formula is C11H21NO2. The summed E-state index contributed by atoms with van der Waals surface area (Å²) < 4.78 is 5.22. The Morgan fingerprint density at radius 2 is 2.07 bits per heavy atom. The van der Waals surface area contributed by atoms with Crippen LogP contribution in [-0.2, 0) is 9.53 Å². The van der Waals surface area contributed by atoms with E-state index in [1.807, 2.05) is 20.8 Å². The predicted molar refractivity (Wildman–Crippen MR) is 56.1 cm³/mol. The SMILES string of the molecule is CC(C)(C)OC(=O)CCCC1CNC1. The van der Waals surface area contributed by atoms with E-state index >= 15 is 0 Å². The van der Waals surface area contributed by atoms with Gasteiger partial charge in [-0.05, 0) is 52.6 Å². The van der Waals surface area contributed by atoms with Crippen LogP contribution in [0.4, 0.5) is 0 Å². The van der Waals surface area contributed by atoms with E-state index < -0.39 is 0 Å². The molecule has 1 heterocycles. The van der Waals surface area contributed by atoms with Crippen molar-refractivity contribution in [3.05, 3.63) is 0 Å². The van der Waals surface area contributed by atoms with Gasteiger partial charge in [-0.1, -0.05) is 0 Å². The highest BCUT2D eigenvalue weighted by molar-refractivity contribution is 5.69. The van der Waals surface area contributed by atoms with Crippen LogP contribution in [0.3, 0.4) is 0 Å². The first-order valence-corrected chi connectivity index (χ1v) is 5.40. The van der Waals surface area contributed by atoms with Gasteiger partial charge in [-0.25, -0.2) is 0 Å². The first-order valence-electron chi connectivity index (χ1n) is 5.40. The summed E-state index contributed by atoms with van der Waals surface area (Å²) in [6, 6.07) is 0. The molecule has 0 aromatic carbocycles. The zero-order valence-corrected chi connectivity index (χ0v) is 9.43. The van der Waals surface area contributed by atoms with Gasteiger partial charge in [-0.2, -0.15) is 0 Å². The highest BCUT2D eigenvalue weighted by Gasteiger charge is 2.18. The molecule has 1 aliphatic rings. The van der Waals surface area contributed by atoms with Crippen molar-refractivity contribution in [3.8, 4) is 0 Å². The predicted octanol–water partition coefficient (Wildman–Crippen LogP) is 1.72. The quantitative estimate of drug-likeness (QED) is 0.701. The smallest absolute Gasteiger partial charge is 0.306 e. The Bertz CT molecular complexity index is 192. The summed E-state index contributed by atoms with van der Waals surface area (Å²) in [6.07, 6.45) is 2.67. The van der Waals surface area contributed by atoms with Gasteiger partial charge in [0, 0.05) is 6.42 Å². The fourth-order valence-electron chi connectivity index (χ4n) is 1.48. The van der Waals surface area contributed by atoms with Crippen molar-refractivity contribution in [2.24, 2.45) is 5.92 Å². The Balaban J connectivity index is 2.02. The molecule has 0 amide bonds. The van der Waals surface area contributed by atoms with Crippen LogP contribution < -0.4 is 5.32 Å². The largest absolute Gasteiger partial charge is 0.460 e. The van der Waals surface area contributed by atoms with Crippen molar-refractivity contribution in [1.82, 2.24) is 5.32 Å². The lowest BCUT2D eigenvalue weighted by atomic mass is 9.96. The van der Waals surface area contributed by atoms with E-state index in [-0.39, 0.29) is 11.6 Å². The normalized spacial score (nSPS) is 17.6. The molecule has 0 aromatic heterocycles. The molecular weight excluding hydrogens is 178 g/mol. The third kappa shape index (κ3) is 4.61. The number of nitrogens with one attached hydrogen (secondary N) is 1. The molecule has 14 heavy (non-hydrogen) atoms. The summed E-state index contributed by atoms with van der Waals surface area (Å²) >= 11 is 0. The van der Waals surface area contributed by atoms with Crippen molar-refractivity contribution in [3.63, 3.8) is 0 Å². The number of hydrogen-bond donors (Lipinski definition) is 1. The van der Waals surface area contributed by atoms with E-state index in [4.69, 9.17) is 4.74 Å². The van der Waals surface area contributed by atoms with Crippen LogP contribution in [0, 0.1) is 5.92 Å². The molecule has 0 spiro atoms. The van der Waals surface area contributed by atoms with Crippen LogP contribution in [0.2, 0.25) is 0 Å². The van der Waals surface area contributed by atoms with Crippen LogP contribution in [0.15, 0.2) is 0 Å². The van der Waals surface area contributed by atoms with Crippen molar-refractivity contribution >= 4 is 5.97 Å². The maximum Gasteiger partial charge on any atom is 0.306 e. The monoisotopic (exact) mass is 199 g/mol. The zero-order chi connectivity index (χ0) is 10.6. The number of carbonyl (C=O) groups excluding carboxylic acids is 1. The van der Waals surface area contributed by atoms with Crippen molar-refractivity contribution in [2.75, 3.05) is 13.1 Å². The molecule has 1 N–H and O–H groups in total. The summed E-state index contributed by atoms with van der Waals surface area (Å²) in [4.78, 5) is 11.3. The van der Waals surface area contributed by atoms with Crippen LogP contribution in [0.25, 0.3) is 0 Å². The van der Waals surface area contributed by atoms with E-state index in [1.165, 1.54) is 0 Å². The molecule has 1 saturated heterocycles. The van der Waals surface area contributed by atoms with Crippen molar-refractivity contribution in [1.29, 1.82) is 0 Å². The molecule has 1 rings (SSSR count). The lowest BCUT2D eigenvalue weighted by Gasteiger charge is -2.27. The first-order chi connectivity index (χ1) is 6.47. The highest BCUT2D eigenvalue weighted by Crippen LogP contribution is 2.14. The second kappa shape index (κ2) is 4.78. The summed E-state index contributed by atoms with van der Waals surface area (Å²) in [5.41, 5.74) is -0.338. The number of esters is 1. The van der Waals surface area contributed by atoms with Crippen molar-refractivity contribution in [2.45, 2.75) is 45.6 Å². The van der Waals surface area contributed by atoms with Gasteiger partial charge in [-0.3, -0.25) is 4.79 Å². The van der Waals surface area contributed by atoms with Gasteiger partial charge in [0.15, 0.2) is 0 Å². The van der Waals surface area contributed by atoms with Gasteiger partial charge < -0.3 is 10.1 Å². The topological polar surface area (TPSA) is 38.3 Å². The van der Waals surface area contributed by atoms with E-state index in [1.54, 1.807) is 0 Å². The lowest BCUT2D eigenvalue weighted by Crippen LogP contribution is -2.41. The molecule has 1 fully saturated rings. The van der Waals surface area contributed by atoms with Crippen LogP contribution in [0.1, 0.15) is 40.0 Å². The average Bonchev–Trinajstić information content (AvgIpc) is 1.90. The third-order valence-electron chi connectivity index (χ3n) is 2.28. The van der Waals surface area contributed by atoms with Gasteiger partial charge in [-0.15, -0.1) is 0 Å². The van der Waals surface area contributed by atoms with Gasteiger partial charge in [0.25, 0.3) is 0 Å². The Hall–Kier alpha value is -0.570. The molecule has 1 aliphatic heterocycles. The molecule has 0 atom stereocenters. The minimum Gasteiger partial charge on any atom is -0.460 e. The van der Waals surface area contributed by atoms with Crippen LogP contribution in [0.5, 0.6) is 0 Å². The number of rotatable bonds is 4. The van der Waals surface area contributed by atoms with Gasteiger partial charge in [0.05, 0.1) is 0 Å². The first kappa shape index (κ1) is 11.5. The molecule has 0 aromatic rings. The van der Waals surface area contributed by atoms with E-state index in [2.05, 4.69) is 5.32 Å². The maximum absolute atomic E-state index is 11.3. The molecule has 82 valence electrons. The van der Waals surface area contributed by atoms with E-state index in [9.17, 15) is 4.79 Å². The van der Waals surface area contributed by atoms with Crippen LogP contribution >= 0.6 is 0 Å². The molecule has 3 heteroatoms. The Morgan fingerprint density at radius 3 is 2.50 bits per heavy atom. The zero-order valence-electron chi connectivity index (χ0n) is 9.43. The lowest BCUT2D eigenvalue weighted by molar-refractivity contribution is -0.155. The third-order valence-corrected chi connectivity index (χ3v) is 2.28. The fraction of sp³-hybridized carbons (Fsp3) is 0.909. The Morgan fingerprint density at radius 1 is 1.43 bits per heavy atom. The van der Waals surface area contributed by atoms with Crippen molar-refractivity contribution < 1.29 is 9.53 Å². The maximum atomic E-state index is 11.3. The van der Waals surface area contributed by atoms with Gasteiger partial charge >= 0.3 is 5.97 Å². The second-order valence-electron chi connectivity index (χ2n) is 5.00. The van der Waals surface area contributed by atoms with E-state index in [0.717, 1.165) is 31.8 Å². The molecule has 0 radical (unpaired) electrons. The Kier molecular flexibility index (Phi) is 3.93. The van der Waals surface area contributed by atoms with Gasteiger partial charge in [0.2, 0.25) is 0 Å². The molecule has 0 bridgehead atoms. The second-order valence-corrected chi connectivity index (χ2v) is 5.00. The molecule has 0 aliphatic carbocycles. The summed E-state index contributed by atoms with van der Waals surface area (Å²) in [6.45, 7) is 7.95. The fourth-order valence-corrected chi connectivity index (χ4v) is 1.48. The van der Waals surface area contributed by atoms with Gasteiger partial charge in [0.1, 0.15) is 5.60 Å². The van der Waals surface area contributed by atoms with E-state index in [0.29, 0.717) is 6.42 Å². The standard InChI is InChI=1S/C11H21NO2/c1-11(2,3)14-10(13)6-4-5-9-7-12-8-9/h9,12H,4-8H2,1-3H3. The Labute approximate surface area is 86.2 Å². The molecule has 0 saturated carbocycles. The average molecular weight is 199 g/mol. The minimum atomic E-state index is -0.338.